The first-order chi connectivity index (χ1) is 13.9. The van der Waals surface area contributed by atoms with Gasteiger partial charge >= 0.3 is 6.09 Å². The molecule has 2 aliphatic rings. The number of methoxy groups -OCH3 is 1. The van der Waals surface area contributed by atoms with E-state index in [2.05, 4.69) is 22.2 Å². The van der Waals surface area contributed by atoms with Gasteiger partial charge in [-0.25, -0.2) is 4.79 Å². The molecule has 29 heavy (non-hydrogen) atoms. The number of nitrogens with one attached hydrogen (secondary N) is 1. The molecule has 7 heteroatoms. The summed E-state index contributed by atoms with van der Waals surface area (Å²) in [4.78, 5) is 40.2. The average Bonchev–Trinajstić information content (AvgIpc) is 2.75. The molecule has 2 fully saturated rings. The molecule has 0 unspecified atom stereocenters. The molecule has 0 bridgehead atoms. The van der Waals surface area contributed by atoms with Crippen LogP contribution >= 0.6 is 0 Å². The number of hydrogen-bond acceptors (Lipinski definition) is 4. The minimum Gasteiger partial charge on any atom is -0.453 e. The van der Waals surface area contributed by atoms with Crippen molar-refractivity contribution in [3.63, 3.8) is 0 Å². The molecule has 0 aromatic heterocycles. The van der Waals surface area contributed by atoms with Gasteiger partial charge in [0.2, 0.25) is 11.8 Å². The molecule has 1 aromatic carbocycles. The Hall–Kier alpha value is -2.57. The highest BCUT2D eigenvalue weighted by Crippen LogP contribution is 2.40. The van der Waals surface area contributed by atoms with Gasteiger partial charge in [0.25, 0.3) is 0 Å². The topological polar surface area (TPSA) is 79.0 Å². The third kappa shape index (κ3) is 5.28. The van der Waals surface area contributed by atoms with E-state index in [1.54, 1.807) is 6.92 Å². The SMILES string of the molecule is COC(=O)N[C@@H](C)C(=O)N1CCC2(CCC(=O)N(CCc3ccccc3)C2)CC1. The minimum absolute atomic E-state index is 0.0851. The molecular formula is C22H31N3O4. The summed E-state index contributed by atoms with van der Waals surface area (Å²) in [5, 5.41) is 2.54. The van der Waals surface area contributed by atoms with Gasteiger partial charge in [-0.2, -0.15) is 0 Å². The first-order valence-electron chi connectivity index (χ1n) is 10.4. The fourth-order valence-corrected chi connectivity index (χ4v) is 4.40. The van der Waals surface area contributed by atoms with Crippen LogP contribution in [0.5, 0.6) is 0 Å². The summed E-state index contributed by atoms with van der Waals surface area (Å²) < 4.78 is 4.57. The summed E-state index contributed by atoms with van der Waals surface area (Å²) in [6.45, 7) is 4.51. The Morgan fingerprint density at radius 1 is 1.17 bits per heavy atom. The van der Waals surface area contributed by atoms with Crippen molar-refractivity contribution in [2.24, 2.45) is 5.41 Å². The normalized spacial score (nSPS) is 19.7. The predicted octanol–water partition coefficient (Wildman–Crippen LogP) is 2.20. The van der Waals surface area contributed by atoms with E-state index in [1.165, 1.54) is 12.7 Å². The second kappa shape index (κ2) is 9.29. The van der Waals surface area contributed by atoms with Gasteiger partial charge < -0.3 is 19.9 Å². The minimum atomic E-state index is -0.605. The number of carbonyl (C=O) groups is 3. The molecule has 1 spiro atoms. The van der Waals surface area contributed by atoms with Gasteiger partial charge in [0.1, 0.15) is 6.04 Å². The molecule has 2 aliphatic heterocycles. The Morgan fingerprint density at radius 2 is 1.86 bits per heavy atom. The highest BCUT2D eigenvalue weighted by atomic mass is 16.5. The van der Waals surface area contributed by atoms with Crippen molar-refractivity contribution >= 4 is 17.9 Å². The molecule has 7 nitrogen and oxygen atoms in total. The summed E-state index contributed by atoms with van der Waals surface area (Å²) in [5.41, 5.74) is 1.34. The van der Waals surface area contributed by atoms with Gasteiger partial charge in [-0.15, -0.1) is 0 Å². The molecule has 0 saturated carbocycles. The molecule has 2 saturated heterocycles. The third-order valence-electron chi connectivity index (χ3n) is 6.29. The van der Waals surface area contributed by atoms with E-state index in [-0.39, 0.29) is 17.2 Å². The van der Waals surface area contributed by atoms with E-state index in [1.807, 2.05) is 28.0 Å². The zero-order valence-electron chi connectivity index (χ0n) is 17.4. The molecule has 2 heterocycles. The summed E-state index contributed by atoms with van der Waals surface area (Å²) in [5.74, 6) is 0.152. The Labute approximate surface area is 172 Å². The van der Waals surface area contributed by atoms with Crippen molar-refractivity contribution in [1.82, 2.24) is 15.1 Å². The fraction of sp³-hybridized carbons (Fsp3) is 0.591. The van der Waals surface area contributed by atoms with Crippen molar-refractivity contribution in [3.05, 3.63) is 35.9 Å². The Bertz CT molecular complexity index is 729. The van der Waals surface area contributed by atoms with E-state index in [9.17, 15) is 14.4 Å². The molecule has 1 N–H and O–H groups in total. The lowest BCUT2D eigenvalue weighted by atomic mass is 9.72. The predicted molar refractivity (Wildman–Crippen MR) is 109 cm³/mol. The number of likely N-dealkylation sites (tertiary alicyclic amines) is 2. The number of nitrogens with zero attached hydrogens (tertiary/aromatic N) is 2. The molecule has 158 valence electrons. The maximum Gasteiger partial charge on any atom is 0.407 e. The van der Waals surface area contributed by atoms with Gasteiger partial charge in [-0.3, -0.25) is 9.59 Å². The Morgan fingerprint density at radius 3 is 2.52 bits per heavy atom. The first-order valence-corrected chi connectivity index (χ1v) is 10.4. The lowest BCUT2D eigenvalue weighted by molar-refractivity contribution is -0.143. The molecular weight excluding hydrogens is 370 g/mol. The molecule has 3 rings (SSSR count). The molecule has 1 aromatic rings. The number of ether oxygens (including phenoxy) is 1. The molecule has 3 amide bonds. The largest absolute Gasteiger partial charge is 0.453 e. The van der Waals surface area contributed by atoms with Crippen LogP contribution in [-0.2, 0) is 20.7 Å². The van der Waals surface area contributed by atoms with Crippen LogP contribution in [0.15, 0.2) is 30.3 Å². The van der Waals surface area contributed by atoms with Crippen molar-refractivity contribution in [2.75, 3.05) is 33.3 Å². The highest BCUT2D eigenvalue weighted by molar-refractivity contribution is 5.85. The van der Waals surface area contributed by atoms with Crippen molar-refractivity contribution < 1.29 is 19.1 Å². The smallest absolute Gasteiger partial charge is 0.407 e. The van der Waals surface area contributed by atoms with Crippen molar-refractivity contribution in [1.29, 1.82) is 0 Å². The third-order valence-corrected chi connectivity index (χ3v) is 6.29. The number of amides is 3. The van der Waals surface area contributed by atoms with Crippen LogP contribution in [0.1, 0.15) is 38.2 Å². The summed E-state index contributed by atoms with van der Waals surface area (Å²) in [6, 6.07) is 9.64. The molecule has 1 atom stereocenters. The first kappa shape index (κ1) is 21.1. The maximum atomic E-state index is 12.6. The standard InChI is InChI=1S/C22H31N3O4/c1-17(23-21(28)29-2)20(27)24-14-11-22(12-15-24)10-8-19(26)25(16-22)13-9-18-6-4-3-5-7-18/h3-7,17H,8-16H2,1-2H3,(H,23,28)/t17-/m0/s1. The van der Waals surface area contributed by atoms with Gasteiger partial charge in [0, 0.05) is 32.6 Å². The summed E-state index contributed by atoms with van der Waals surface area (Å²) in [7, 11) is 1.28. The molecule has 0 radical (unpaired) electrons. The number of carbonyl (C=O) groups excluding carboxylic acids is 3. The second-order valence-electron chi connectivity index (χ2n) is 8.23. The van der Waals surface area contributed by atoms with E-state index in [0.717, 1.165) is 38.8 Å². The maximum absolute atomic E-state index is 12.6. The van der Waals surface area contributed by atoms with Crippen LogP contribution in [0.3, 0.4) is 0 Å². The van der Waals surface area contributed by atoms with Crippen LogP contribution < -0.4 is 5.32 Å². The zero-order chi connectivity index (χ0) is 20.9. The van der Waals surface area contributed by atoms with Gasteiger partial charge in [-0.1, -0.05) is 30.3 Å². The van der Waals surface area contributed by atoms with Crippen LogP contribution in [-0.4, -0.2) is 67.0 Å². The van der Waals surface area contributed by atoms with Crippen LogP contribution in [0, 0.1) is 5.41 Å². The van der Waals surface area contributed by atoms with Gasteiger partial charge in [-0.05, 0) is 43.6 Å². The van der Waals surface area contributed by atoms with E-state index >= 15 is 0 Å². The lowest BCUT2D eigenvalue weighted by Crippen LogP contribution is -2.55. The monoisotopic (exact) mass is 401 g/mol. The summed E-state index contributed by atoms with van der Waals surface area (Å²) >= 11 is 0. The molecule has 0 aliphatic carbocycles. The number of hydrogen-bond donors (Lipinski definition) is 1. The van der Waals surface area contributed by atoms with Crippen molar-refractivity contribution in [2.45, 2.75) is 45.1 Å². The van der Waals surface area contributed by atoms with Crippen LogP contribution in [0.2, 0.25) is 0 Å². The highest BCUT2D eigenvalue weighted by Gasteiger charge is 2.42. The average molecular weight is 402 g/mol. The van der Waals surface area contributed by atoms with Crippen molar-refractivity contribution in [3.8, 4) is 0 Å². The lowest BCUT2D eigenvalue weighted by Gasteiger charge is -2.47. The van der Waals surface area contributed by atoms with E-state index < -0.39 is 12.1 Å². The Kier molecular flexibility index (Phi) is 6.77. The number of benzene rings is 1. The zero-order valence-corrected chi connectivity index (χ0v) is 17.4. The van der Waals surface area contributed by atoms with Gasteiger partial charge in [0.05, 0.1) is 7.11 Å². The second-order valence-corrected chi connectivity index (χ2v) is 8.23. The van der Waals surface area contributed by atoms with E-state index in [0.29, 0.717) is 19.5 Å². The van der Waals surface area contributed by atoms with E-state index in [4.69, 9.17) is 0 Å². The Balaban J connectivity index is 1.53. The quantitative estimate of drug-likeness (QED) is 0.820. The number of alkyl carbamates (subject to hydrolysis) is 1. The summed E-state index contributed by atoms with van der Waals surface area (Å²) in [6.07, 6.45) is 3.52. The van der Waals surface area contributed by atoms with Crippen LogP contribution in [0.25, 0.3) is 0 Å². The van der Waals surface area contributed by atoms with Gasteiger partial charge in [0.15, 0.2) is 0 Å². The number of piperidine rings is 2. The van der Waals surface area contributed by atoms with Crippen LogP contribution in [0.4, 0.5) is 4.79 Å². The number of rotatable bonds is 5. The fourth-order valence-electron chi connectivity index (χ4n) is 4.40.